The van der Waals surface area contributed by atoms with Crippen molar-refractivity contribution in [3.05, 3.63) is 0 Å². The molecule has 128 valence electrons. The van der Waals surface area contributed by atoms with Gasteiger partial charge in [0.2, 0.25) is 0 Å². The summed E-state index contributed by atoms with van der Waals surface area (Å²) in [5.41, 5.74) is 6.01. The predicted molar refractivity (Wildman–Crippen MR) is 85.9 cm³/mol. The Labute approximate surface area is 137 Å². The van der Waals surface area contributed by atoms with E-state index in [1.807, 2.05) is 13.8 Å². The van der Waals surface area contributed by atoms with Crippen LogP contribution in [0.15, 0.2) is 0 Å². The minimum absolute atomic E-state index is 0.0744. The summed E-state index contributed by atoms with van der Waals surface area (Å²) in [5.74, 6) is -2.81. The molecule has 0 aliphatic heterocycles. The largest absolute Gasteiger partial charge is 0.481 e. The summed E-state index contributed by atoms with van der Waals surface area (Å²) in [6, 6.07) is -0.658. The van der Waals surface area contributed by atoms with Crippen LogP contribution in [-0.4, -0.2) is 47.2 Å². The third-order valence-electron chi connectivity index (χ3n) is 4.22. The molecule has 0 amide bonds. The molecule has 7 heteroatoms. The number of carbonyl (C=O) groups is 2. The normalized spacial score (nSPS) is 32.0. The summed E-state index contributed by atoms with van der Waals surface area (Å²) >= 11 is 4.49. The number of hydrogen-bond donors (Lipinski definition) is 3. The van der Waals surface area contributed by atoms with Crippen LogP contribution in [0.25, 0.3) is 0 Å². The Morgan fingerprint density at radius 2 is 1.91 bits per heavy atom. The molecule has 0 spiro atoms. The smallest absolute Gasteiger partial charge is 0.310 e. The first-order valence-electron chi connectivity index (χ1n) is 7.85. The van der Waals surface area contributed by atoms with Crippen molar-refractivity contribution in [3.8, 4) is 0 Å². The molecule has 6 nitrogen and oxygen atoms in total. The molecule has 22 heavy (non-hydrogen) atoms. The monoisotopic (exact) mass is 333 g/mol. The Morgan fingerprint density at radius 1 is 1.32 bits per heavy atom. The fraction of sp³-hybridized carbons (Fsp3) is 0.867. The van der Waals surface area contributed by atoms with Gasteiger partial charge in [0.25, 0.3) is 0 Å². The average molecular weight is 333 g/mol. The molecule has 3 N–H and O–H groups in total. The van der Waals surface area contributed by atoms with Crippen molar-refractivity contribution in [1.29, 1.82) is 0 Å². The zero-order valence-electron chi connectivity index (χ0n) is 13.4. The molecule has 1 aliphatic rings. The molecule has 0 radical (unpaired) electrons. The van der Waals surface area contributed by atoms with Crippen molar-refractivity contribution in [3.63, 3.8) is 0 Å². The van der Waals surface area contributed by atoms with Gasteiger partial charge in [-0.3, -0.25) is 9.59 Å². The molecular formula is C15H27NO5S. The molecule has 0 saturated heterocycles. The number of ether oxygens (including phenoxy) is 2. The molecule has 0 aromatic carbocycles. The first kappa shape index (κ1) is 19.3. The Bertz CT molecular complexity index is 388. The fourth-order valence-corrected chi connectivity index (χ4v) is 3.44. The molecule has 5 atom stereocenters. The van der Waals surface area contributed by atoms with E-state index in [1.165, 1.54) is 0 Å². The topological polar surface area (TPSA) is 98.9 Å². The van der Waals surface area contributed by atoms with Gasteiger partial charge >= 0.3 is 11.9 Å². The van der Waals surface area contributed by atoms with Gasteiger partial charge in [-0.15, -0.1) is 0 Å². The van der Waals surface area contributed by atoms with Crippen molar-refractivity contribution >= 4 is 24.6 Å². The van der Waals surface area contributed by atoms with Crippen molar-refractivity contribution in [1.82, 2.24) is 0 Å². The van der Waals surface area contributed by atoms with Crippen LogP contribution in [0, 0.1) is 11.8 Å². The lowest BCUT2D eigenvalue weighted by Gasteiger charge is -2.42. The Balaban J connectivity index is 3.00. The predicted octanol–water partition coefficient (Wildman–Crippen LogP) is 1.47. The number of nitrogens with two attached hydrogens (primary N) is 1. The zero-order chi connectivity index (χ0) is 16.9. The number of aliphatic carboxylic acids is 1. The maximum Gasteiger partial charge on any atom is 0.310 e. The molecule has 0 aromatic rings. The van der Waals surface area contributed by atoms with E-state index in [2.05, 4.69) is 12.6 Å². The first-order chi connectivity index (χ1) is 10.4. The van der Waals surface area contributed by atoms with Crippen LogP contribution < -0.4 is 5.73 Å². The summed E-state index contributed by atoms with van der Waals surface area (Å²) < 4.78 is 11.0. The summed E-state index contributed by atoms with van der Waals surface area (Å²) in [5, 5.41) is 8.93. The van der Waals surface area contributed by atoms with E-state index in [4.69, 9.17) is 15.2 Å². The van der Waals surface area contributed by atoms with Gasteiger partial charge in [0.15, 0.2) is 0 Å². The maximum absolute atomic E-state index is 12.1. The Morgan fingerprint density at radius 3 is 2.36 bits per heavy atom. The molecule has 1 saturated carbocycles. The highest BCUT2D eigenvalue weighted by Gasteiger charge is 2.49. The van der Waals surface area contributed by atoms with Crippen molar-refractivity contribution in [2.45, 2.75) is 63.5 Å². The van der Waals surface area contributed by atoms with E-state index in [1.54, 1.807) is 6.92 Å². The zero-order valence-corrected chi connectivity index (χ0v) is 14.3. The summed E-state index contributed by atoms with van der Waals surface area (Å²) in [7, 11) is 0. The van der Waals surface area contributed by atoms with Crippen LogP contribution >= 0.6 is 12.6 Å². The SMILES string of the molecule is CCOC(=O)C1CC(N)C(C(=O)O)C(OC(CC)CC)C1S. The van der Waals surface area contributed by atoms with Gasteiger partial charge in [-0.05, 0) is 26.2 Å². The molecule has 1 aliphatic carbocycles. The summed E-state index contributed by atoms with van der Waals surface area (Å²) in [6.07, 6.45) is 0.990. The number of rotatable bonds is 7. The molecule has 0 bridgehead atoms. The number of esters is 1. The van der Waals surface area contributed by atoms with Gasteiger partial charge < -0.3 is 20.3 Å². The number of carboxylic acids is 1. The van der Waals surface area contributed by atoms with Gasteiger partial charge in [-0.2, -0.15) is 12.6 Å². The lowest BCUT2D eigenvalue weighted by Crippen LogP contribution is -2.57. The van der Waals surface area contributed by atoms with E-state index in [9.17, 15) is 14.7 Å². The second kappa shape index (κ2) is 8.74. The quantitative estimate of drug-likeness (QED) is 0.482. The van der Waals surface area contributed by atoms with Crippen LogP contribution in [0.1, 0.15) is 40.0 Å². The van der Waals surface area contributed by atoms with Crippen LogP contribution in [0.3, 0.4) is 0 Å². The summed E-state index contributed by atoms with van der Waals surface area (Å²) in [6.45, 7) is 5.95. The van der Waals surface area contributed by atoms with E-state index in [-0.39, 0.29) is 25.1 Å². The number of carbonyl (C=O) groups excluding carboxylic acids is 1. The van der Waals surface area contributed by atoms with Gasteiger partial charge in [0.05, 0.1) is 30.7 Å². The van der Waals surface area contributed by atoms with Gasteiger partial charge in [-0.25, -0.2) is 0 Å². The molecular weight excluding hydrogens is 306 g/mol. The molecule has 1 fully saturated rings. The van der Waals surface area contributed by atoms with E-state index < -0.39 is 35.2 Å². The second-order valence-corrected chi connectivity index (χ2v) is 6.25. The summed E-state index contributed by atoms with van der Waals surface area (Å²) in [4.78, 5) is 23.6. The highest BCUT2D eigenvalue weighted by molar-refractivity contribution is 7.81. The number of thiol groups is 1. The first-order valence-corrected chi connectivity index (χ1v) is 8.37. The highest BCUT2D eigenvalue weighted by Crippen LogP contribution is 2.36. The third-order valence-corrected chi connectivity index (χ3v) is 4.88. The molecule has 1 rings (SSSR count). The van der Waals surface area contributed by atoms with Crippen LogP contribution in [0.5, 0.6) is 0 Å². The maximum atomic E-state index is 12.1. The van der Waals surface area contributed by atoms with Crippen LogP contribution in [0.4, 0.5) is 0 Å². The minimum Gasteiger partial charge on any atom is -0.481 e. The molecule has 0 heterocycles. The lowest BCUT2D eigenvalue weighted by atomic mass is 9.75. The third kappa shape index (κ3) is 4.36. The number of carboxylic acid groups (broad SMARTS) is 1. The van der Waals surface area contributed by atoms with Crippen molar-refractivity contribution in [2.75, 3.05) is 6.61 Å². The Hall–Kier alpha value is -0.790. The average Bonchev–Trinajstić information content (AvgIpc) is 2.47. The fourth-order valence-electron chi connectivity index (χ4n) is 2.94. The van der Waals surface area contributed by atoms with Crippen molar-refractivity contribution in [2.24, 2.45) is 17.6 Å². The van der Waals surface area contributed by atoms with Gasteiger partial charge in [0.1, 0.15) is 0 Å². The van der Waals surface area contributed by atoms with E-state index >= 15 is 0 Å². The minimum atomic E-state index is -1.01. The van der Waals surface area contributed by atoms with Gasteiger partial charge in [0, 0.05) is 11.3 Å². The highest BCUT2D eigenvalue weighted by atomic mass is 32.1. The van der Waals surface area contributed by atoms with Gasteiger partial charge in [-0.1, -0.05) is 13.8 Å². The van der Waals surface area contributed by atoms with Crippen LogP contribution in [0.2, 0.25) is 0 Å². The standard InChI is InChI=1S/C15H27NO5S/c1-4-8(5-2)21-12-11(14(17)18)10(16)7-9(13(12)22)15(19)20-6-3/h8-13,22H,4-7,16H2,1-3H3,(H,17,18). The molecule has 0 aromatic heterocycles. The van der Waals surface area contributed by atoms with Crippen LogP contribution in [-0.2, 0) is 19.1 Å². The Kier molecular flexibility index (Phi) is 7.65. The molecule has 5 unspecified atom stereocenters. The second-order valence-electron chi connectivity index (χ2n) is 5.65. The lowest BCUT2D eigenvalue weighted by molar-refractivity contribution is -0.163. The van der Waals surface area contributed by atoms with E-state index in [0.717, 1.165) is 12.8 Å². The number of hydrogen-bond acceptors (Lipinski definition) is 6. The van der Waals surface area contributed by atoms with E-state index in [0.29, 0.717) is 0 Å². The van der Waals surface area contributed by atoms with Crippen molar-refractivity contribution < 1.29 is 24.2 Å².